The Morgan fingerprint density at radius 3 is 1.80 bits per heavy atom. The molecule has 1 aromatic carbocycles. The molecule has 0 aromatic heterocycles. The molecule has 0 aliphatic carbocycles. The van der Waals surface area contributed by atoms with E-state index < -0.39 is 0 Å². The van der Waals surface area contributed by atoms with Gasteiger partial charge in [-0.3, -0.25) is 9.59 Å². The molecule has 0 bridgehead atoms. The number of unbranched alkanes of at least 4 members (excludes halogenated alkanes) is 13. The summed E-state index contributed by atoms with van der Waals surface area (Å²) in [5.41, 5.74) is 0.633. The first-order chi connectivity index (χ1) is 14.6. The predicted octanol–water partition coefficient (Wildman–Crippen LogP) is 7.46. The number of Topliss-reactive ketones (excluding diaryl/α,β-unsaturated/α-hetero) is 1. The number of benzene rings is 1. The molecule has 1 rings (SSSR count). The van der Waals surface area contributed by atoms with Crippen molar-refractivity contribution < 1.29 is 14.3 Å². The molecule has 0 saturated carbocycles. The fourth-order valence-electron chi connectivity index (χ4n) is 3.60. The van der Waals surface area contributed by atoms with Gasteiger partial charge in [0.25, 0.3) is 0 Å². The number of para-hydroxylation sites is 2. The minimum atomic E-state index is -0.296. The van der Waals surface area contributed by atoms with Crippen LogP contribution in [0.5, 0.6) is 5.75 Å². The van der Waals surface area contributed by atoms with Crippen molar-refractivity contribution in [3.05, 3.63) is 24.3 Å². The van der Waals surface area contributed by atoms with Crippen LogP contribution < -0.4 is 10.1 Å². The van der Waals surface area contributed by atoms with Crippen molar-refractivity contribution in [1.82, 2.24) is 0 Å². The number of hydrogen-bond donors (Lipinski definition) is 1. The maximum absolute atomic E-state index is 11.8. The van der Waals surface area contributed by atoms with Gasteiger partial charge < -0.3 is 10.1 Å². The lowest BCUT2D eigenvalue weighted by Crippen LogP contribution is -2.15. The summed E-state index contributed by atoms with van der Waals surface area (Å²) in [5.74, 6) is 0.229. The number of hydrogen-bond acceptors (Lipinski definition) is 3. The topological polar surface area (TPSA) is 55.4 Å². The molecule has 1 N–H and O–H groups in total. The van der Waals surface area contributed by atoms with Gasteiger partial charge in [0.2, 0.25) is 5.91 Å². The third kappa shape index (κ3) is 14.2. The Morgan fingerprint density at radius 2 is 1.27 bits per heavy atom. The summed E-state index contributed by atoms with van der Waals surface area (Å²) in [5, 5.41) is 2.76. The number of carbonyl (C=O) groups excluding carboxylic acids is 2. The summed E-state index contributed by atoms with van der Waals surface area (Å²) >= 11 is 0. The van der Waals surface area contributed by atoms with Crippen molar-refractivity contribution in [2.45, 2.75) is 110 Å². The monoisotopic (exact) mass is 417 g/mol. The molecule has 4 nitrogen and oxygen atoms in total. The maximum atomic E-state index is 11.8. The molecular weight excluding hydrogens is 374 g/mol. The van der Waals surface area contributed by atoms with Crippen molar-refractivity contribution in [2.75, 3.05) is 11.9 Å². The third-order valence-electron chi connectivity index (χ3n) is 5.33. The van der Waals surface area contributed by atoms with Crippen LogP contribution in [-0.4, -0.2) is 18.3 Å². The van der Waals surface area contributed by atoms with E-state index >= 15 is 0 Å². The Balaban J connectivity index is 2.01. The second-order valence-corrected chi connectivity index (χ2v) is 8.37. The molecular formula is C26H43NO3. The number of rotatable bonds is 19. The van der Waals surface area contributed by atoms with E-state index in [9.17, 15) is 9.59 Å². The van der Waals surface area contributed by atoms with Gasteiger partial charge in [-0.05, 0) is 25.5 Å². The van der Waals surface area contributed by atoms with Crippen molar-refractivity contribution >= 4 is 17.4 Å². The molecule has 0 unspecified atom stereocenters. The van der Waals surface area contributed by atoms with Gasteiger partial charge in [0.05, 0.1) is 18.7 Å². The lowest BCUT2D eigenvalue weighted by atomic mass is 10.0. The molecule has 0 aliphatic rings. The highest BCUT2D eigenvalue weighted by molar-refractivity contribution is 6.04. The van der Waals surface area contributed by atoms with Crippen molar-refractivity contribution in [2.24, 2.45) is 0 Å². The van der Waals surface area contributed by atoms with E-state index in [1.54, 1.807) is 6.07 Å². The van der Waals surface area contributed by atoms with E-state index in [0.29, 0.717) is 18.0 Å². The largest absolute Gasteiger partial charge is 0.491 e. The highest BCUT2D eigenvalue weighted by Gasteiger charge is 2.09. The fraction of sp³-hybridized carbons (Fsp3) is 0.692. The van der Waals surface area contributed by atoms with Gasteiger partial charge in [-0.1, -0.05) is 103 Å². The first kappa shape index (κ1) is 26.2. The van der Waals surface area contributed by atoms with Crippen molar-refractivity contribution in [3.63, 3.8) is 0 Å². The molecule has 0 spiro atoms. The van der Waals surface area contributed by atoms with E-state index in [0.717, 1.165) is 6.42 Å². The highest BCUT2D eigenvalue weighted by Crippen LogP contribution is 2.24. The van der Waals surface area contributed by atoms with Crippen LogP contribution in [0.25, 0.3) is 0 Å². The summed E-state index contributed by atoms with van der Waals surface area (Å²) in [6.45, 7) is 4.34. The Hall–Kier alpha value is -1.84. The third-order valence-corrected chi connectivity index (χ3v) is 5.33. The zero-order valence-corrected chi connectivity index (χ0v) is 19.3. The van der Waals surface area contributed by atoms with E-state index in [-0.39, 0.29) is 18.1 Å². The van der Waals surface area contributed by atoms with Crippen LogP contribution in [0.2, 0.25) is 0 Å². The number of nitrogens with one attached hydrogen (secondary N) is 1. The van der Waals surface area contributed by atoms with Crippen LogP contribution in [-0.2, 0) is 9.59 Å². The molecule has 0 heterocycles. The second kappa shape index (κ2) is 18.0. The minimum absolute atomic E-state index is 0.104. The van der Waals surface area contributed by atoms with Gasteiger partial charge in [-0.2, -0.15) is 0 Å². The Bertz CT molecular complexity index is 585. The second-order valence-electron chi connectivity index (χ2n) is 8.37. The normalized spacial score (nSPS) is 10.7. The Kier molecular flexibility index (Phi) is 15.7. The first-order valence-corrected chi connectivity index (χ1v) is 12.1. The SMILES string of the molecule is CCCCCCCCCCCCCCCCOc1ccccc1NC(=O)CC(C)=O. The van der Waals surface area contributed by atoms with Crippen molar-refractivity contribution in [1.29, 1.82) is 0 Å². The van der Waals surface area contributed by atoms with E-state index in [2.05, 4.69) is 12.2 Å². The van der Waals surface area contributed by atoms with Crippen molar-refractivity contribution in [3.8, 4) is 5.75 Å². The lowest BCUT2D eigenvalue weighted by Gasteiger charge is -2.12. The molecule has 0 fully saturated rings. The van der Waals surface area contributed by atoms with Gasteiger partial charge >= 0.3 is 0 Å². The van der Waals surface area contributed by atoms with Crippen LogP contribution >= 0.6 is 0 Å². The van der Waals surface area contributed by atoms with E-state index in [1.807, 2.05) is 18.2 Å². The van der Waals surface area contributed by atoms with E-state index in [1.165, 1.54) is 90.4 Å². The standard InChI is InChI=1S/C26H43NO3/c1-3-4-5-6-7-8-9-10-11-12-13-14-15-18-21-30-25-20-17-16-19-24(25)27-26(29)22-23(2)28/h16-17,19-20H,3-15,18,21-22H2,1-2H3,(H,27,29). The zero-order chi connectivity index (χ0) is 21.9. The number of ether oxygens (including phenoxy) is 1. The summed E-state index contributed by atoms with van der Waals surface area (Å²) in [4.78, 5) is 22.9. The summed E-state index contributed by atoms with van der Waals surface area (Å²) in [6, 6.07) is 7.40. The molecule has 0 aliphatic heterocycles. The molecule has 30 heavy (non-hydrogen) atoms. The number of carbonyl (C=O) groups is 2. The lowest BCUT2D eigenvalue weighted by molar-refractivity contribution is -0.124. The van der Waals surface area contributed by atoms with Gasteiger partial charge in [-0.25, -0.2) is 0 Å². The van der Waals surface area contributed by atoms with Crippen LogP contribution in [0, 0.1) is 0 Å². The average molecular weight is 418 g/mol. The number of anilines is 1. The van der Waals surface area contributed by atoms with Crippen LogP contribution in [0.4, 0.5) is 5.69 Å². The molecule has 0 saturated heterocycles. The quantitative estimate of drug-likeness (QED) is 0.188. The fourth-order valence-corrected chi connectivity index (χ4v) is 3.60. The summed E-state index contributed by atoms with van der Waals surface area (Å²) in [7, 11) is 0. The van der Waals surface area contributed by atoms with Gasteiger partial charge in [-0.15, -0.1) is 0 Å². The van der Waals surface area contributed by atoms with Crippen LogP contribution in [0.3, 0.4) is 0 Å². The molecule has 170 valence electrons. The van der Waals surface area contributed by atoms with E-state index in [4.69, 9.17) is 4.74 Å². The van der Waals surface area contributed by atoms with Gasteiger partial charge in [0, 0.05) is 0 Å². The summed E-state index contributed by atoms with van der Waals surface area (Å²) in [6.07, 6.45) is 18.6. The Morgan fingerprint density at radius 1 is 0.767 bits per heavy atom. The maximum Gasteiger partial charge on any atom is 0.231 e. The molecule has 1 aromatic rings. The van der Waals surface area contributed by atoms with Crippen LogP contribution in [0.1, 0.15) is 110 Å². The van der Waals surface area contributed by atoms with Gasteiger partial charge in [0.15, 0.2) is 0 Å². The molecule has 4 heteroatoms. The number of ketones is 1. The minimum Gasteiger partial charge on any atom is -0.491 e. The zero-order valence-electron chi connectivity index (χ0n) is 19.3. The Labute approximate surface area is 184 Å². The van der Waals surface area contributed by atoms with Gasteiger partial charge in [0.1, 0.15) is 11.5 Å². The number of amides is 1. The van der Waals surface area contributed by atoms with Crippen LogP contribution in [0.15, 0.2) is 24.3 Å². The predicted molar refractivity (Wildman–Crippen MR) is 126 cm³/mol. The highest BCUT2D eigenvalue weighted by atomic mass is 16.5. The molecule has 0 radical (unpaired) electrons. The summed E-state index contributed by atoms with van der Waals surface area (Å²) < 4.78 is 5.85. The smallest absolute Gasteiger partial charge is 0.231 e. The first-order valence-electron chi connectivity index (χ1n) is 12.1. The average Bonchev–Trinajstić information content (AvgIpc) is 2.71. The molecule has 0 atom stereocenters. The molecule has 1 amide bonds.